The van der Waals surface area contributed by atoms with Crippen LogP contribution in [0.3, 0.4) is 0 Å². The molecule has 0 spiro atoms. The molecule has 0 unspecified atom stereocenters. The molecule has 8 nitrogen and oxygen atoms in total. The third-order valence-electron chi connectivity index (χ3n) is 3.38. The van der Waals surface area contributed by atoms with Gasteiger partial charge in [0.25, 0.3) is 5.56 Å². The number of aliphatic hydroxyl groups excluding tert-OH is 1. The van der Waals surface area contributed by atoms with Gasteiger partial charge in [-0.1, -0.05) is 28.9 Å². The molecule has 3 rings (SSSR count). The molecule has 0 saturated carbocycles. The van der Waals surface area contributed by atoms with Crippen molar-refractivity contribution in [2.45, 2.75) is 19.1 Å². The van der Waals surface area contributed by atoms with Gasteiger partial charge in [0.2, 0.25) is 5.89 Å². The fraction of sp³-hybridized carbons (Fsp3) is 0.200. The van der Waals surface area contributed by atoms with Crippen LogP contribution in [0, 0.1) is 0 Å². The van der Waals surface area contributed by atoms with E-state index in [9.17, 15) is 14.7 Å². The molecule has 1 atom stereocenters. The van der Waals surface area contributed by atoms with Gasteiger partial charge >= 0.3 is 5.69 Å². The molecule has 0 aliphatic rings. The number of nitrogens with zero attached hydrogens (tertiary/aromatic N) is 3. The molecule has 0 fully saturated rings. The summed E-state index contributed by atoms with van der Waals surface area (Å²) < 4.78 is 5.97. The predicted octanol–water partition coefficient (Wildman–Crippen LogP) is 0.897. The number of rotatable bonds is 5. The number of nitrogens with one attached hydrogen (secondary N) is 1. The van der Waals surface area contributed by atoms with Crippen molar-refractivity contribution in [3.63, 3.8) is 0 Å². The predicted molar refractivity (Wildman–Crippen MR) is 84.8 cm³/mol. The Bertz CT molecular complexity index is 917. The van der Waals surface area contributed by atoms with E-state index < -0.39 is 17.4 Å². The molecule has 1 aromatic carbocycles. The molecule has 124 valence electrons. The third-order valence-corrected chi connectivity index (χ3v) is 3.63. The second-order valence-corrected chi connectivity index (χ2v) is 5.52. The van der Waals surface area contributed by atoms with E-state index in [4.69, 9.17) is 16.1 Å². The van der Waals surface area contributed by atoms with E-state index in [1.54, 1.807) is 24.3 Å². The Kier molecular flexibility index (Phi) is 4.59. The van der Waals surface area contributed by atoms with Crippen LogP contribution in [0.1, 0.15) is 23.4 Å². The van der Waals surface area contributed by atoms with Crippen LogP contribution in [-0.4, -0.2) is 24.8 Å². The topological polar surface area (TPSA) is 114 Å². The molecule has 0 aliphatic carbocycles. The number of halogens is 1. The van der Waals surface area contributed by atoms with Gasteiger partial charge in [0.1, 0.15) is 6.54 Å². The number of aromatic nitrogens is 4. The van der Waals surface area contributed by atoms with Gasteiger partial charge in [-0.15, -0.1) is 0 Å². The summed E-state index contributed by atoms with van der Waals surface area (Å²) in [5, 5.41) is 14.5. The fourth-order valence-electron chi connectivity index (χ4n) is 2.15. The SMILES string of the molecule is O=c1cc[nH]c(=O)n1Cc1nc(C[C@H](O)c2ccc(Cl)cc2)no1. The molecule has 0 aliphatic heterocycles. The van der Waals surface area contributed by atoms with Gasteiger partial charge < -0.3 is 14.6 Å². The van der Waals surface area contributed by atoms with Crippen LogP contribution in [0.15, 0.2) is 50.6 Å². The molecule has 0 bridgehead atoms. The molecule has 2 heterocycles. The zero-order valence-corrected chi connectivity index (χ0v) is 13.1. The van der Waals surface area contributed by atoms with E-state index in [0.29, 0.717) is 10.6 Å². The first-order valence-electron chi connectivity index (χ1n) is 7.06. The molecule has 2 N–H and O–H groups in total. The third kappa shape index (κ3) is 3.61. The van der Waals surface area contributed by atoms with Crippen LogP contribution >= 0.6 is 11.6 Å². The molecule has 9 heteroatoms. The van der Waals surface area contributed by atoms with Crippen molar-refractivity contribution in [2.24, 2.45) is 0 Å². The van der Waals surface area contributed by atoms with Crippen LogP contribution in [-0.2, 0) is 13.0 Å². The maximum atomic E-state index is 11.6. The largest absolute Gasteiger partial charge is 0.388 e. The lowest BCUT2D eigenvalue weighted by molar-refractivity contribution is 0.174. The van der Waals surface area contributed by atoms with E-state index in [0.717, 1.165) is 4.57 Å². The number of aliphatic hydroxyl groups is 1. The van der Waals surface area contributed by atoms with Crippen LogP contribution < -0.4 is 11.2 Å². The first-order chi connectivity index (χ1) is 11.5. The Balaban J connectivity index is 1.73. The highest BCUT2D eigenvalue weighted by Crippen LogP contribution is 2.19. The zero-order valence-electron chi connectivity index (χ0n) is 12.3. The highest BCUT2D eigenvalue weighted by molar-refractivity contribution is 6.30. The molecule has 24 heavy (non-hydrogen) atoms. The minimum Gasteiger partial charge on any atom is -0.388 e. The van der Waals surface area contributed by atoms with Crippen LogP contribution in [0.2, 0.25) is 5.02 Å². The molecule has 0 amide bonds. The second kappa shape index (κ2) is 6.81. The van der Waals surface area contributed by atoms with Crippen molar-refractivity contribution in [3.05, 3.63) is 79.7 Å². The lowest BCUT2D eigenvalue weighted by Gasteiger charge is -2.08. The van der Waals surface area contributed by atoms with Crippen LogP contribution in [0.4, 0.5) is 0 Å². The van der Waals surface area contributed by atoms with Gasteiger partial charge in [-0.05, 0) is 17.7 Å². The van der Waals surface area contributed by atoms with Gasteiger partial charge in [-0.25, -0.2) is 4.79 Å². The average Bonchev–Trinajstić information content (AvgIpc) is 2.99. The van der Waals surface area contributed by atoms with Gasteiger partial charge in [0.15, 0.2) is 5.82 Å². The molecular weight excluding hydrogens is 336 g/mol. The zero-order chi connectivity index (χ0) is 17.1. The molecule has 0 radical (unpaired) electrons. The van der Waals surface area contributed by atoms with Crippen LogP contribution in [0.25, 0.3) is 0 Å². The maximum Gasteiger partial charge on any atom is 0.328 e. The molecule has 2 aromatic heterocycles. The summed E-state index contributed by atoms with van der Waals surface area (Å²) in [6, 6.07) is 7.99. The van der Waals surface area contributed by atoms with E-state index in [1.807, 2.05) is 0 Å². The van der Waals surface area contributed by atoms with Gasteiger partial charge in [0, 0.05) is 23.7 Å². The van der Waals surface area contributed by atoms with Gasteiger partial charge in [-0.3, -0.25) is 9.36 Å². The number of hydrogen-bond acceptors (Lipinski definition) is 6. The summed E-state index contributed by atoms with van der Waals surface area (Å²) in [7, 11) is 0. The van der Waals surface area contributed by atoms with E-state index in [-0.39, 0.29) is 24.7 Å². The van der Waals surface area contributed by atoms with Crippen LogP contribution in [0.5, 0.6) is 0 Å². The lowest BCUT2D eigenvalue weighted by Crippen LogP contribution is -2.34. The van der Waals surface area contributed by atoms with Crippen molar-refractivity contribution < 1.29 is 9.63 Å². The van der Waals surface area contributed by atoms with Crippen molar-refractivity contribution in [1.29, 1.82) is 0 Å². The van der Waals surface area contributed by atoms with E-state index in [2.05, 4.69) is 15.1 Å². The quantitative estimate of drug-likeness (QED) is 0.708. The van der Waals surface area contributed by atoms with Crippen molar-refractivity contribution in [3.8, 4) is 0 Å². The fourth-order valence-corrected chi connectivity index (χ4v) is 2.28. The molecule has 3 aromatic rings. The minimum atomic E-state index is -0.824. The first kappa shape index (κ1) is 16.2. The average molecular weight is 349 g/mol. The van der Waals surface area contributed by atoms with Gasteiger partial charge in [-0.2, -0.15) is 4.98 Å². The highest BCUT2D eigenvalue weighted by Gasteiger charge is 2.15. The number of benzene rings is 1. The van der Waals surface area contributed by atoms with Gasteiger partial charge in [0.05, 0.1) is 6.10 Å². The standard InChI is InChI=1S/C15H13ClN4O4/c16-10-3-1-9(2-4-10)11(21)7-12-18-13(24-19-12)8-20-14(22)5-6-17-15(20)23/h1-6,11,21H,7-8H2,(H,17,23)/t11-/m0/s1. The molecular formula is C15H13ClN4O4. The van der Waals surface area contributed by atoms with E-state index >= 15 is 0 Å². The Morgan fingerprint density at radius 2 is 2.00 bits per heavy atom. The number of H-pyrrole nitrogens is 1. The summed E-state index contributed by atoms with van der Waals surface area (Å²) in [6.45, 7) is -0.140. The van der Waals surface area contributed by atoms with Crippen molar-refractivity contribution in [2.75, 3.05) is 0 Å². The minimum absolute atomic E-state index is 0.104. The number of hydrogen-bond donors (Lipinski definition) is 2. The highest BCUT2D eigenvalue weighted by atomic mass is 35.5. The summed E-state index contributed by atoms with van der Waals surface area (Å²) in [5.74, 6) is 0.375. The molecule has 0 saturated heterocycles. The Labute approximate surface area is 140 Å². The summed E-state index contributed by atoms with van der Waals surface area (Å²) in [4.78, 5) is 29.7. The van der Waals surface area contributed by atoms with Crippen molar-refractivity contribution in [1.82, 2.24) is 19.7 Å². The Morgan fingerprint density at radius 3 is 2.71 bits per heavy atom. The lowest BCUT2D eigenvalue weighted by atomic mass is 10.1. The van der Waals surface area contributed by atoms with E-state index in [1.165, 1.54) is 12.3 Å². The Hall–Kier alpha value is -2.71. The first-order valence-corrected chi connectivity index (χ1v) is 7.44. The van der Waals surface area contributed by atoms with Crippen molar-refractivity contribution >= 4 is 11.6 Å². The maximum absolute atomic E-state index is 11.6. The number of aromatic amines is 1. The normalized spacial score (nSPS) is 12.2. The summed E-state index contributed by atoms with van der Waals surface area (Å²) in [5.41, 5.74) is -0.371. The summed E-state index contributed by atoms with van der Waals surface area (Å²) in [6.07, 6.45) is 0.573. The second-order valence-electron chi connectivity index (χ2n) is 5.08. The smallest absolute Gasteiger partial charge is 0.328 e. The Morgan fingerprint density at radius 1 is 1.25 bits per heavy atom. The monoisotopic (exact) mass is 348 g/mol. The summed E-state index contributed by atoms with van der Waals surface area (Å²) >= 11 is 5.81.